The fraction of sp³-hybridized carbons (Fsp3) is 0.286. The van der Waals surface area contributed by atoms with Crippen molar-refractivity contribution in [2.75, 3.05) is 0 Å². The van der Waals surface area contributed by atoms with E-state index in [1.165, 1.54) is 5.56 Å². The lowest BCUT2D eigenvalue weighted by molar-refractivity contribution is 0.0937. The predicted octanol–water partition coefficient (Wildman–Crippen LogP) is 4.19. The van der Waals surface area contributed by atoms with Crippen LogP contribution in [0.25, 0.3) is 0 Å². The Balaban J connectivity index is 1.86. The molecular weight excluding hydrogens is 326 g/mol. The fourth-order valence-electron chi connectivity index (χ4n) is 2.70. The van der Waals surface area contributed by atoms with Crippen molar-refractivity contribution in [2.45, 2.75) is 39.2 Å². The van der Waals surface area contributed by atoms with Gasteiger partial charge in [0.15, 0.2) is 0 Å². The number of aromatic nitrogens is 2. The van der Waals surface area contributed by atoms with Crippen LogP contribution in [0.2, 0.25) is 0 Å². The van der Waals surface area contributed by atoms with Crippen molar-refractivity contribution in [1.82, 2.24) is 15.5 Å². The molecule has 0 fully saturated rings. The number of rotatable bonds is 4. The highest BCUT2D eigenvalue weighted by Gasteiger charge is 2.23. The van der Waals surface area contributed by atoms with E-state index in [0.29, 0.717) is 17.3 Å². The van der Waals surface area contributed by atoms with E-state index in [1.807, 2.05) is 54.6 Å². The van der Waals surface area contributed by atoms with Crippen molar-refractivity contribution in [3.05, 3.63) is 83.1 Å². The molecule has 0 spiro atoms. The van der Waals surface area contributed by atoms with Crippen molar-refractivity contribution < 1.29 is 9.21 Å². The smallest absolute Gasteiger partial charge is 0.252 e. The summed E-state index contributed by atoms with van der Waals surface area (Å²) in [6, 6.07) is 16.8. The Labute approximate surface area is 153 Å². The maximum absolute atomic E-state index is 12.8. The molecule has 0 aliphatic rings. The summed E-state index contributed by atoms with van der Waals surface area (Å²) in [6.07, 6.45) is 0. The van der Waals surface area contributed by atoms with E-state index in [0.717, 1.165) is 5.56 Å². The molecule has 5 nitrogen and oxygen atoms in total. The van der Waals surface area contributed by atoms with Crippen LogP contribution >= 0.6 is 0 Å². The second-order valence-electron chi connectivity index (χ2n) is 7.30. The summed E-state index contributed by atoms with van der Waals surface area (Å²) < 4.78 is 5.56. The van der Waals surface area contributed by atoms with Gasteiger partial charge in [-0.25, -0.2) is 0 Å². The lowest BCUT2D eigenvalue weighted by Crippen LogP contribution is -2.29. The zero-order valence-corrected chi connectivity index (χ0v) is 15.5. The van der Waals surface area contributed by atoms with Gasteiger partial charge in [0.05, 0.1) is 0 Å². The first-order valence-corrected chi connectivity index (χ1v) is 8.61. The van der Waals surface area contributed by atoms with E-state index in [4.69, 9.17) is 4.42 Å². The summed E-state index contributed by atoms with van der Waals surface area (Å²) in [6.45, 7) is 8.16. The van der Waals surface area contributed by atoms with Crippen LogP contribution in [0.15, 0.2) is 59.0 Å². The summed E-state index contributed by atoms with van der Waals surface area (Å²) in [5.41, 5.74) is 2.70. The fourth-order valence-corrected chi connectivity index (χ4v) is 2.70. The van der Waals surface area contributed by atoms with E-state index in [-0.39, 0.29) is 11.3 Å². The predicted molar refractivity (Wildman–Crippen MR) is 99.9 cm³/mol. The van der Waals surface area contributed by atoms with Crippen LogP contribution in [0.3, 0.4) is 0 Å². The van der Waals surface area contributed by atoms with Crippen LogP contribution in [0.4, 0.5) is 0 Å². The SMILES string of the molecule is Cc1nnc(C(NC(=O)c2ccc(C(C)(C)C)cc2)c2ccccc2)o1. The summed E-state index contributed by atoms with van der Waals surface area (Å²) in [5.74, 6) is 0.647. The molecule has 1 unspecified atom stereocenters. The molecule has 1 amide bonds. The highest BCUT2D eigenvalue weighted by molar-refractivity contribution is 5.94. The second-order valence-corrected chi connectivity index (χ2v) is 7.30. The van der Waals surface area contributed by atoms with Gasteiger partial charge in [0.1, 0.15) is 6.04 Å². The summed E-state index contributed by atoms with van der Waals surface area (Å²) in [7, 11) is 0. The van der Waals surface area contributed by atoms with Gasteiger partial charge < -0.3 is 9.73 Å². The Bertz CT molecular complexity index is 878. The van der Waals surface area contributed by atoms with E-state index < -0.39 is 6.04 Å². The number of nitrogens with zero attached hydrogens (tertiary/aromatic N) is 2. The van der Waals surface area contributed by atoms with Gasteiger partial charge in [0, 0.05) is 12.5 Å². The van der Waals surface area contributed by atoms with Crippen LogP contribution < -0.4 is 5.32 Å². The molecule has 26 heavy (non-hydrogen) atoms. The third kappa shape index (κ3) is 3.99. The Morgan fingerprint density at radius 1 is 1.00 bits per heavy atom. The van der Waals surface area contributed by atoms with E-state index in [2.05, 4.69) is 36.3 Å². The summed E-state index contributed by atoms with van der Waals surface area (Å²) in [4.78, 5) is 12.8. The molecule has 134 valence electrons. The minimum atomic E-state index is -0.493. The number of hydrogen-bond acceptors (Lipinski definition) is 4. The normalized spacial score (nSPS) is 12.6. The van der Waals surface area contributed by atoms with E-state index >= 15 is 0 Å². The van der Waals surface area contributed by atoms with Gasteiger partial charge >= 0.3 is 0 Å². The molecule has 0 bridgehead atoms. The molecule has 0 saturated carbocycles. The van der Waals surface area contributed by atoms with Gasteiger partial charge in [-0.2, -0.15) is 0 Å². The molecule has 3 aromatic rings. The quantitative estimate of drug-likeness (QED) is 0.767. The largest absolute Gasteiger partial charge is 0.423 e. The third-order valence-corrected chi connectivity index (χ3v) is 4.21. The number of nitrogens with one attached hydrogen (secondary N) is 1. The maximum atomic E-state index is 12.8. The van der Waals surface area contributed by atoms with Crippen molar-refractivity contribution >= 4 is 5.91 Å². The molecule has 1 N–H and O–H groups in total. The number of benzene rings is 2. The molecule has 0 aliphatic heterocycles. The molecule has 0 radical (unpaired) electrons. The number of carbonyl (C=O) groups is 1. The molecule has 5 heteroatoms. The highest BCUT2D eigenvalue weighted by atomic mass is 16.4. The zero-order valence-electron chi connectivity index (χ0n) is 15.5. The monoisotopic (exact) mass is 349 g/mol. The minimum Gasteiger partial charge on any atom is -0.423 e. The molecule has 3 rings (SSSR count). The third-order valence-electron chi connectivity index (χ3n) is 4.21. The molecule has 2 aromatic carbocycles. The average molecular weight is 349 g/mol. The van der Waals surface area contributed by atoms with Crippen LogP contribution in [-0.4, -0.2) is 16.1 Å². The average Bonchev–Trinajstić information content (AvgIpc) is 3.05. The standard InChI is InChI=1S/C21H23N3O2/c1-14-23-24-20(26-14)18(15-8-6-5-7-9-15)22-19(25)16-10-12-17(13-11-16)21(2,3)4/h5-13,18H,1-4H3,(H,22,25). The van der Waals surface area contributed by atoms with Gasteiger partial charge in [0.2, 0.25) is 11.8 Å². The van der Waals surface area contributed by atoms with Crippen molar-refractivity contribution in [3.8, 4) is 0 Å². The molecule has 1 atom stereocenters. The number of aryl methyl sites for hydroxylation is 1. The first-order chi connectivity index (χ1) is 12.3. The second kappa shape index (κ2) is 7.12. The number of amides is 1. The highest BCUT2D eigenvalue weighted by Crippen LogP contribution is 2.24. The van der Waals surface area contributed by atoms with Crippen molar-refractivity contribution in [2.24, 2.45) is 0 Å². The van der Waals surface area contributed by atoms with E-state index in [1.54, 1.807) is 6.92 Å². The van der Waals surface area contributed by atoms with Crippen LogP contribution in [0, 0.1) is 6.92 Å². The Morgan fingerprint density at radius 3 is 2.19 bits per heavy atom. The Hall–Kier alpha value is -2.95. The van der Waals surface area contributed by atoms with Crippen LogP contribution in [0.1, 0.15) is 60.1 Å². The molecule has 0 aliphatic carbocycles. The maximum Gasteiger partial charge on any atom is 0.252 e. The van der Waals surface area contributed by atoms with Crippen molar-refractivity contribution in [3.63, 3.8) is 0 Å². The Morgan fingerprint density at radius 2 is 1.65 bits per heavy atom. The van der Waals surface area contributed by atoms with Gasteiger partial charge in [-0.1, -0.05) is 63.2 Å². The minimum absolute atomic E-state index is 0.0445. The lowest BCUT2D eigenvalue weighted by atomic mass is 9.86. The summed E-state index contributed by atoms with van der Waals surface area (Å²) >= 11 is 0. The molecule has 1 aromatic heterocycles. The zero-order chi connectivity index (χ0) is 18.7. The van der Waals surface area contributed by atoms with Gasteiger partial charge in [-0.05, 0) is 28.7 Å². The van der Waals surface area contributed by atoms with Gasteiger partial charge in [-0.3, -0.25) is 4.79 Å². The van der Waals surface area contributed by atoms with E-state index in [9.17, 15) is 4.79 Å². The summed E-state index contributed by atoms with van der Waals surface area (Å²) in [5, 5.41) is 11.0. The molecular formula is C21H23N3O2. The topological polar surface area (TPSA) is 68.0 Å². The Kier molecular flexibility index (Phi) is 4.89. The van der Waals surface area contributed by atoms with Crippen LogP contribution in [-0.2, 0) is 5.41 Å². The number of hydrogen-bond donors (Lipinski definition) is 1. The lowest BCUT2D eigenvalue weighted by Gasteiger charge is -2.19. The first kappa shape index (κ1) is 17.9. The number of carbonyl (C=O) groups excluding carboxylic acids is 1. The molecule has 1 heterocycles. The van der Waals surface area contributed by atoms with Gasteiger partial charge in [0.25, 0.3) is 5.91 Å². The first-order valence-electron chi connectivity index (χ1n) is 8.61. The molecule has 0 saturated heterocycles. The van der Waals surface area contributed by atoms with Crippen molar-refractivity contribution in [1.29, 1.82) is 0 Å². The van der Waals surface area contributed by atoms with Gasteiger partial charge in [-0.15, -0.1) is 10.2 Å². The van der Waals surface area contributed by atoms with Crippen LogP contribution in [0.5, 0.6) is 0 Å².